The number of nitrogens with zero attached hydrogens (tertiary/aromatic N) is 1. The number of hydrogen-bond acceptors (Lipinski definition) is 4. The number of benzene rings is 3. The molecule has 4 nitrogen and oxygen atoms in total. The lowest BCUT2D eigenvalue weighted by molar-refractivity contribution is 0.0962. The number of hydrazine groups is 1. The van der Waals surface area contributed by atoms with E-state index in [1.807, 2.05) is 23.6 Å². The molecule has 0 spiro atoms. The molecule has 144 valence electrons. The van der Waals surface area contributed by atoms with Crippen LogP contribution in [0.15, 0.2) is 88.7 Å². The molecule has 6 heteroatoms. The predicted molar refractivity (Wildman–Crippen MR) is 122 cm³/mol. The molecular weight excluding hydrogens is 446 g/mol. The number of anilines is 1. The lowest BCUT2D eigenvalue weighted by Gasteiger charge is -2.05. The Morgan fingerprint density at radius 2 is 1.59 bits per heavy atom. The van der Waals surface area contributed by atoms with Crippen molar-refractivity contribution in [2.24, 2.45) is 0 Å². The minimum Gasteiger partial charge on any atom is -0.273 e. The standard InChI is InChI=1S/C23H18BrN3OS/c24-20-12-10-19(11-13-20)22(28)26-27-23-25-21(15-29-23)18-8-6-17(7-9-18)14-16-4-2-1-3-5-16/h1-13,15H,14H2,(H,25,27)(H,26,28). The summed E-state index contributed by atoms with van der Waals surface area (Å²) in [5.41, 5.74) is 10.6. The zero-order valence-corrected chi connectivity index (χ0v) is 17.8. The summed E-state index contributed by atoms with van der Waals surface area (Å²) in [4.78, 5) is 16.7. The predicted octanol–water partition coefficient (Wildman–Crippen LogP) is 5.92. The van der Waals surface area contributed by atoms with Crippen LogP contribution in [0.25, 0.3) is 11.3 Å². The number of hydrogen-bond donors (Lipinski definition) is 2. The molecule has 0 aliphatic rings. The number of thiazole rings is 1. The molecule has 0 aliphatic carbocycles. The summed E-state index contributed by atoms with van der Waals surface area (Å²) in [5.74, 6) is -0.209. The highest BCUT2D eigenvalue weighted by molar-refractivity contribution is 9.10. The van der Waals surface area contributed by atoms with Crippen LogP contribution in [0.3, 0.4) is 0 Å². The van der Waals surface area contributed by atoms with Crippen LogP contribution >= 0.6 is 27.3 Å². The zero-order valence-electron chi connectivity index (χ0n) is 15.4. The molecule has 2 N–H and O–H groups in total. The smallest absolute Gasteiger partial charge is 0.269 e. The first-order valence-electron chi connectivity index (χ1n) is 9.08. The van der Waals surface area contributed by atoms with Crippen LogP contribution in [0.2, 0.25) is 0 Å². The van der Waals surface area contributed by atoms with Crippen molar-refractivity contribution in [2.45, 2.75) is 6.42 Å². The Bertz CT molecular complexity index is 1090. The SMILES string of the molecule is O=C(NNc1nc(-c2ccc(Cc3ccccc3)cc2)cs1)c1ccc(Br)cc1. The van der Waals surface area contributed by atoms with E-state index in [4.69, 9.17) is 0 Å². The number of amides is 1. The number of rotatable bonds is 6. The summed E-state index contributed by atoms with van der Waals surface area (Å²) in [5, 5.41) is 2.61. The van der Waals surface area contributed by atoms with E-state index in [-0.39, 0.29) is 5.91 Å². The third kappa shape index (κ3) is 5.10. The number of nitrogens with one attached hydrogen (secondary N) is 2. The number of halogens is 1. The molecule has 0 atom stereocenters. The first kappa shape index (κ1) is 19.4. The molecule has 0 saturated carbocycles. The summed E-state index contributed by atoms with van der Waals surface area (Å²) >= 11 is 4.81. The van der Waals surface area contributed by atoms with Gasteiger partial charge in [-0.2, -0.15) is 0 Å². The Morgan fingerprint density at radius 3 is 2.31 bits per heavy atom. The maximum Gasteiger partial charge on any atom is 0.269 e. The minimum absolute atomic E-state index is 0.209. The molecule has 1 aromatic heterocycles. The van der Waals surface area contributed by atoms with Crippen LogP contribution in [0.5, 0.6) is 0 Å². The van der Waals surface area contributed by atoms with Gasteiger partial charge < -0.3 is 0 Å². The zero-order chi connectivity index (χ0) is 20.1. The van der Waals surface area contributed by atoms with Gasteiger partial charge in [-0.1, -0.05) is 70.5 Å². The van der Waals surface area contributed by atoms with Crippen LogP contribution < -0.4 is 10.9 Å². The van der Waals surface area contributed by atoms with Crippen LogP contribution in [0.1, 0.15) is 21.5 Å². The summed E-state index contributed by atoms with van der Waals surface area (Å²) in [7, 11) is 0. The number of carbonyl (C=O) groups is 1. The largest absolute Gasteiger partial charge is 0.273 e. The number of aromatic nitrogens is 1. The van der Waals surface area contributed by atoms with Crippen molar-refractivity contribution in [1.82, 2.24) is 10.4 Å². The normalized spacial score (nSPS) is 10.5. The van der Waals surface area contributed by atoms with Crippen LogP contribution in [0, 0.1) is 0 Å². The lowest BCUT2D eigenvalue weighted by atomic mass is 10.0. The quantitative estimate of drug-likeness (QED) is 0.349. The Balaban J connectivity index is 1.37. The molecule has 0 saturated heterocycles. The maximum absolute atomic E-state index is 12.2. The van der Waals surface area contributed by atoms with E-state index in [1.165, 1.54) is 22.5 Å². The molecule has 4 aromatic rings. The summed E-state index contributed by atoms with van der Waals surface area (Å²) in [6.45, 7) is 0. The van der Waals surface area contributed by atoms with Gasteiger partial charge in [0.2, 0.25) is 5.13 Å². The fourth-order valence-electron chi connectivity index (χ4n) is 2.87. The van der Waals surface area contributed by atoms with E-state index in [9.17, 15) is 4.79 Å². The highest BCUT2D eigenvalue weighted by Gasteiger charge is 2.08. The molecule has 0 aliphatic heterocycles. The second-order valence-electron chi connectivity index (χ2n) is 6.48. The van der Waals surface area contributed by atoms with Gasteiger partial charge in [-0.3, -0.25) is 15.6 Å². The molecular formula is C23H18BrN3OS. The molecule has 0 bridgehead atoms. The van der Waals surface area contributed by atoms with E-state index in [2.05, 4.69) is 80.3 Å². The van der Waals surface area contributed by atoms with Gasteiger partial charge in [-0.25, -0.2) is 4.98 Å². The third-order valence-corrected chi connectivity index (χ3v) is 5.68. The molecule has 29 heavy (non-hydrogen) atoms. The molecule has 3 aromatic carbocycles. The molecule has 0 radical (unpaired) electrons. The molecule has 4 rings (SSSR count). The second-order valence-corrected chi connectivity index (χ2v) is 8.26. The van der Waals surface area contributed by atoms with E-state index < -0.39 is 0 Å². The molecule has 0 fully saturated rings. The Morgan fingerprint density at radius 1 is 0.897 bits per heavy atom. The van der Waals surface area contributed by atoms with Gasteiger partial charge >= 0.3 is 0 Å². The van der Waals surface area contributed by atoms with Crippen molar-refractivity contribution in [2.75, 3.05) is 5.43 Å². The van der Waals surface area contributed by atoms with Gasteiger partial charge in [0.25, 0.3) is 5.91 Å². The van der Waals surface area contributed by atoms with Crippen LogP contribution in [0.4, 0.5) is 5.13 Å². The van der Waals surface area contributed by atoms with Crippen molar-refractivity contribution in [3.05, 3.63) is 105 Å². The van der Waals surface area contributed by atoms with E-state index in [1.54, 1.807) is 12.1 Å². The average molecular weight is 464 g/mol. The first-order valence-corrected chi connectivity index (χ1v) is 10.8. The topological polar surface area (TPSA) is 54.0 Å². The average Bonchev–Trinajstić information content (AvgIpc) is 3.23. The van der Waals surface area contributed by atoms with Gasteiger partial charge in [0.15, 0.2) is 0 Å². The highest BCUT2D eigenvalue weighted by Crippen LogP contribution is 2.25. The second kappa shape index (κ2) is 9.03. The summed E-state index contributed by atoms with van der Waals surface area (Å²) in [6.07, 6.45) is 0.910. The van der Waals surface area contributed by atoms with Gasteiger partial charge in [0.1, 0.15) is 0 Å². The van der Waals surface area contributed by atoms with Crippen molar-refractivity contribution >= 4 is 38.3 Å². The van der Waals surface area contributed by atoms with E-state index >= 15 is 0 Å². The number of carbonyl (C=O) groups excluding carboxylic acids is 1. The van der Waals surface area contributed by atoms with Gasteiger partial charge in [0.05, 0.1) is 5.69 Å². The van der Waals surface area contributed by atoms with E-state index in [0.717, 1.165) is 22.2 Å². The molecule has 1 heterocycles. The van der Waals surface area contributed by atoms with E-state index in [0.29, 0.717) is 10.7 Å². The van der Waals surface area contributed by atoms with Gasteiger partial charge in [0, 0.05) is 21.0 Å². The van der Waals surface area contributed by atoms with Gasteiger partial charge in [-0.15, -0.1) is 11.3 Å². The first-order chi connectivity index (χ1) is 14.2. The maximum atomic E-state index is 12.2. The minimum atomic E-state index is -0.209. The Kier molecular flexibility index (Phi) is 6.03. The van der Waals surface area contributed by atoms with Crippen LogP contribution in [-0.4, -0.2) is 10.9 Å². The van der Waals surface area contributed by atoms with Gasteiger partial charge in [-0.05, 0) is 41.8 Å². The summed E-state index contributed by atoms with van der Waals surface area (Å²) in [6, 6.07) is 26.0. The monoisotopic (exact) mass is 463 g/mol. The highest BCUT2D eigenvalue weighted by atomic mass is 79.9. The molecule has 1 amide bonds. The third-order valence-electron chi connectivity index (χ3n) is 4.39. The molecule has 0 unspecified atom stereocenters. The van der Waals surface area contributed by atoms with Crippen molar-refractivity contribution in [3.8, 4) is 11.3 Å². The Labute approximate surface area is 181 Å². The van der Waals surface area contributed by atoms with Crippen LogP contribution in [-0.2, 0) is 6.42 Å². The van der Waals surface area contributed by atoms with Crippen molar-refractivity contribution in [3.63, 3.8) is 0 Å². The Hall–Kier alpha value is -2.96. The lowest BCUT2D eigenvalue weighted by Crippen LogP contribution is -2.29. The van der Waals surface area contributed by atoms with Crippen molar-refractivity contribution < 1.29 is 4.79 Å². The van der Waals surface area contributed by atoms with Crippen molar-refractivity contribution in [1.29, 1.82) is 0 Å². The summed E-state index contributed by atoms with van der Waals surface area (Å²) < 4.78 is 0.932. The fourth-order valence-corrected chi connectivity index (χ4v) is 3.81. The fraction of sp³-hybridized carbons (Fsp3) is 0.0435.